The number of carbonyl (C=O) groups is 2. The predicted molar refractivity (Wildman–Crippen MR) is 117 cm³/mol. The van der Waals surface area contributed by atoms with Gasteiger partial charge in [-0.15, -0.1) is 0 Å². The number of carbonyl (C=O) groups excluding carboxylic acids is 2. The molecule has 0 unspecified atom stereocenters. The molecule has 2 aliphatic heterocycles. The quantitative estimate of drug-likeness (QED) is 0.686. The Bertz CT molecular complexity index is 961. The maximum absolute atomic E-state index is 13.4. The van der Waals surface area contributed by atoms with E-state index in [0.717, 1.165) is 31.7 Å². The zero-order valence-corrected chi connectivity index (χ0v) is 18.0. The van der Waals surface area contributed by atoms with Crippen LogP contribution in [0.3, 0.4) is 0 Å². The first-order valence-corrected chi connectivity index (χ1v) is 10.7. The average Bonchev–Trinajstić information content (AvgIpc) is 2.81. The number of amides is 2. The number of ether oxygens (including phenoxy) is 2. The van der Waals surface area contributed by atoms with E-state index in [1.165, 1.54) is 12.1 Å². The van der Waals surface area contributed by atoms with Crippen molar-refractivity contribution in [1.82, 2.24) is 15.1 Å². The van der Waals surface area contributed by atoms with Crippen LogP contribution in [0.4, 0.5) is 10.1 Å². The average molecular weight is 442 g/mol. The predicted octanol–water partition coefficient (Wildman–Crippen LogP) is 1.64. The van der Waals surface area contributed by atoms with Crippen molar-refractivity contribution >= 4 is 17.5 Å². The molecule has 2 heterocycles. The van der Waals surface area contributed by atoms with Gasteiger partial charge >= 0.3 is 11.8 Å². The Balaban J connectivity index is 1.39. The maximum Gasteiger partial charge on any atom is 0.313 e. The molecule has 2 aromatic carbocycles. The molecule has 2 aromatic rings. The van der Waals surface area contributed by atoms with Crippen molar-refractivity contribution in [2.24, 2.45) is 0 Å². The third-order valence-electron chi connectivity index (χ3n) is 5.70. The van der Waals surface area contributed by atoms with Crippen molar-refractivity contribution in [2.75, 3.05) is 58.3 Å². The lowest BCUT2D eigenvalue weighted by atomic mass is 10.0. The van der Waals surface area contributed by atoms with Crippen LogP contribution in [0.2, 0.25) is 0 Å². The minimum absolute atomic E-state index is 0.157. The molecule has 1 fully saturated rings. The van der Waals surface area contributed by atoms with Crippen LogP contribution in [0.15, 0.2) is 42.5 Å². The fraction of sp³-hybridized carbons (Fsp3) is 0.391. The van der Waals surface area contributed by atoms with E-state index < -0.39 is 11.8 Å². The van der Waals surface area contributed by atoms with Crippen LogP contribution in [0.25, 0.3) is 0 Å². The monoisotopic (exact) mass is 442 g/mol. The number of anilines is 1. The number of nitrogens with zero attached hydrogens (tertiary/aromatic N) is 2. The third kappa shape index (κ3) is 5.35. The first-order valence-electron chi connectivity index (χ1n) is 10.7. The molecular weight excluding hydrogens is 415 g/mol. The van der Waals surface area contributed by atoms with Gasteiger partial charge in [0.2, 0.25) is 0 Å². The number of fused-ring (bicyclic) bond motifs is 1. The van der Waals surface area contributed by atoms with Crippen LogP contribution < -0.4 is 20.1 Å². The van der Waals surface area contributed by atoms with Crippen LogP contribution in [-0.4, -0.2) is 74.6 Å². The molecule has 2 aliphatic rings. The molecule has 9 heteroatoms. The second kappa shape index (κ2) is 9.97. The highest BCUT2D eigenvalue weighted by molar-refractivity contribution is 6.39. The number of piperazine rings is 1. The third-order valence-corrected chi connectivity index (χ3v) is 5.70. The highest BCUT2D eigenvalue weighted by atomic mass is 19.1. The number of hydrogen-bond donors (Lipinski definition) is 2. The Labute approximate surface area is 186 Å². The van der Waals surface area contributed by atoms with Gasteiger partial charge in [-0.3, -0.25) is 14.5 Å². The lowest BCUT2D eigenvalue weighted by Gasteiger charge is -2.38. The Hall–Kier alpha value is -3.17. The van der Waals surface area contributed by atoms with Gasteiger partial charge in [0.1, 0.15) is 19.0 Å². The Morgan fingerprint density at radius 1 is 0.969 bits per heavy atom. The van der Waals surface area contributed by atoms with Crippen LogP contribution in [-0.2, 0) is 9.59 Å². The minimum Gasteiger partial charge on any atom is -0.486 e. The topological polar surface area (TPSA) is 83.1 Å². The highest BCUT2D eigenvalue weighted by Crippen LogP contribution is 2.32. The highest BCUT2D eigenvalue weighted by Gasteiger charge is 2.26. The fourth-order valence-corrected chi connectivity index (χ4v) is 3.85. The molecule has 1 atom stereocenters. The fourth-order valence-electron chi connectivity index (χ4n) is 3.85. The van der Waals surface area contributed by atoms with E-state index in [0.29, 0.717) is 30.4 Å². The number of halogens is 1. The number of hydrogen-bond acceptors (Lipinski definition) is 6. The van der Waals surface area contributed by atoms with Crippen molar-refractivity contribution in [3.63, 3.8) is 0 Å². The zero-order chi connectivity index (χ0) is 22.5. The molecule has 0 aromatic heterocycles. The van der Waals surface area contributed by atoms with Crippen molar-refractivity contribution in [3.05, 3.63) is 53.8 Å². The van der Waals surface area contributed by atoms with E-state index in [1.54, 1.807) is 30.3 Å². The Kier molecular flexibility index (Phi) is 6.87. The van der Waals surface area contributed by atoms with Gasteiger partial charge in [0, 0.05) is 44.5 Å². The van der Waals surface area contributed by atoms with E-state index in [-0.39, 0.29) is 18.4 Å². The first-order chi connectivity index (χ1) is 15.5. The van der Waals surface area contributed by atoms with E-state index in [2.05, 4.69) is 27.5 Å². The number of benzene rings is 2. The molecule has 32 heavy (non-hydrogen) atoms. The van der Waals surface area contributed by atoms with Crippen LogP contribution in [0.1, 0.15) is 11.6 Å². The second-order valence-corrected chi connectivity index (χ2v) is 7.93. The summed E-state index contributed by atoms with van der Waals surface area (Å²) in [7, 11) is 2.06. The van der Waals surface area contributed by atoms with Crippen LogP contribution in [0, 0.1) is 5.82 Å². The van der Waals surface area contributed by atoms with Crippen molar-refractivity contribution in [2.45, 2.75) is 6.04 Å². The van der Waals surface area contributed by atoms with E-state index >= 15 is 0 Å². The molecule has 8 nitrogen and oxygen atoms in total. The van der Waals surface area contributed by atoms with Gasteiger partial charge in [-0.05, 0) is 36.9 Å². The van der Waals surface area contributed by atoms with Gasteiger partial charge < -0.3 is 25.0 Å². The van der Waals surface area contributed by atoms with E-state index in [9.17, 15) is 14.0 Å². The van der Waals surface area contributed by atoms with Gasteiger partial charge in [-0.1, -0.05) is 12.1 Å². The number of rotatable bonds is 5. The summed E-state index contributed by atoms with van der Waals surface area (Å²) >= 11 is 0. The minimum atomic E-state index is -0.766. The van der Waals surface area contributed by atoms with Gasteiger partial charge in [-0.25, -0.2) is 4.39 Å². The summed E-state index contributed by atoms with van der Waals surface area (Å²) in [6.45, 7) is 4.58. The standard InChI is InChI=1S/C23H27FN4O4/c1-27-8-10-28(11-9-27)19(16-2-4-17(24)5-3-16)15-25-22(29)23(30)26-18-6-7-20-21(14-18)32-13-12-31-20/h2-7,14,19H,8-13,15H2,1H3,(H,25,29)(H,26,30)/t19-/m1/s1. The van der Waals surface area contributed by atoms with Gasteiger partial charge in [-0.2, -0.15) is 0 Å². The van der Waals surface area contributed by atoms with Crippen molar-refractivity contribution in [3.8, 4) is 11.5 Å². The molecular formula is C23H27FN4O4. The summed E-state index contributed by atoms with van der Waals surface area (Å²) in [5.74, 6) is -0.679. The molecule has 0 radical (unpaired) electrons. The van der Waals surface area contributed by atoms with Crippen molar-refractivity contribution < 1.29 is 23.5 Å². The summed E-state index contributed by atoms with van der Waals surface area (Å²) < 4.78 is 24.4. The molecule has 4 rings (SSSR count). The molecule has 0 spiro atoms. The summed E-state index contributed by atoms with van der Waals surface area (Å²) in [4.78, 5) is 29.4. The van der Waals surface area contributed by atoms with Crippen LogP contribution >= 0.6 is 0 Å². The lowest BCUT2D eigenvalue weighted by molar-refractivity contribution is -0.136. The molecule has 2 amide bonds. The van der Waals surface area contributed by atoms with Gasteiger partial charge in [0.15, 0.2) is 11.5 Å². The number of likely N-dealkylation sites (N-methyl/N-ethyl adjacent to an activating group) is 1. The Morgan fingerprint density at radius 2 is 1.66 bits per heavy atom. The van der Waals surface area contributed by atoms with Gasteiger partial charge in [0.05, 0.1) is 6.04 Å². The zero-order valence-electron chi connectivity index (χ0n) is 18.0. The Morgan fingerprint density at radius 3 is 2.38 bits per heavy atom. The molecule has 0 bridgehead atoms. The summed E-state index contributed by atoms with van der Waals surface area (Å²) in [6, 6.07) is 11.1. The molecule has 2 N–H and O–H groups in total. The van der Waals surface area contributed by atoms with E-state index in [1.807, 2.05) is 0 Å². The van der Waals surface area contributed by atoms with Crippen molar-refractivity contribution in [1.29, 1.82) is 0 Å². The summed E-state index contributed by atoms with van der Waals surface area (Å²) in [6.07, 6.45) is 0. The number of nitrogens with one attached hydrogen (secondary N) is 2. The molecule has 0 saturated carbocycles. The normalized spacial score (nSPS) is 17.4. The smallest absolute Gasteiger partial charge is 0.313 e. The summed E-state index contributed by atoms with van der Waals surface area (Å²) in [5, 5.41) is 5.32. The second-order valence-electron chi connectivity index (χ2n) is 7.93. The molecule has 170 valence electrons. The maximum atomic E-state index is 13.4. The molecule has 1 saturated heterocycles. The molecule has 0 aliphatic carbocycles. The summed E-state index contributed by atoms with van der Waals surface area (Å²) in [5.41, 5.74) is 1.34. The largest absolute Gasteiger partial charge is 0.486 e. The van der Waals surface area contributed by atoms with Gasteiger partial charge in [0.25, 0.3) is 0 Å². The SMILES string of the molecule is CN1CCN([C@H](CNC(=O)C(=O)Nc2ccc3c(c2)OCCO3)c2ccc(F)cc2)CC1. The van der Waals surface area contributed by atoms with E-state index in [4.69, 9.17) is 9.47 Å². The van der Waals surface area contributed by atoms with Crippen LogP contribution in [0.5, 0.6) is 11.5 Å². The lowest BCUT2D eigenvalue weighted by Crippen LogP contribution is -2.49. The first kappa shape index (κ1) is 22.0.